The van der Waals surface area contributed by atoms with E-state index < -0.39 is 12.1 Å². The molecular weight excluding hydrogens is 424 g/mol. The minimum atomic E-state index is -0.963. The number of fused-ring (bicyclic) bond motifs is 1. The van der Waals surface area contributed by atoms with E-state index in [1.54, 1.807) is 11.6 Å². The van der Waals surface area contributed by atoms with Crippen molar-refractivity contribution in [2.45, 2.75) is 52.6 Å². The number of carbonyl (C=O) groups is 1. The highest BCUT2D eigenvalue weighted by molar-refractivity contribution is 5.82. The number of ether oxygens (including phenoxy) is 3. The minimum absolute atomic E-state index is 0.306. The number of hydrogen-bond donors (Lipinski definition) is 1. The van der Waals surface area contributed by atoms with Crippen LogP contribution in [0, 0.1) is 0 Å². The van der Waals surface area contributed by atoms with Crippen LogP contribution in [-0.4, -0.2) is 56.7 Å². The zero-order valence-corrected chi connectivity index (χ0v) is 19.7. The molecular formula is C24H32N4O5. The molecule has 33 heavy (non-hydrogen) atoms. The second-order valence-corrected chi connectivity index (χ2v) is 7.64. The Morgan fingerprint density at radius 2 is 1.82 bits per heavy atom. The average Bonchev–Trinajstić information content (AvgIpc) is 3.12. The van der Waals surface area contributed by atoms with Crippen LogP contribution in [0.25, 0.3) is 11.0 Å². The molecule has 0 aliphatic rings. The normalized spacial score (nSPS) is 12.1. The van der Waals surface area contributed by atoms with Gasteiger partial charge in [-0.2, -0.15) is 10.1 Å². The highest BCUT2D eigenvalue weighted by Gasteiger charge is 2.19. The Hall–Kier alpha value is -3.20. The monoisotopic (exact) mass is 456 g/mol. The van der Waals surface area contributed by atoms with Crippen molar-refractivity contribution in [2.75, 3.05) is 19.8 Å². The molecule has 2 heterocycles. The summed E-state index contributed by atoms with van der Waals surface area (Å²) in [4.78, 5) is 20.5. The Bertz CT molecular complexity index is 1060. The Morgan fingerprint density at radius 3 is 2.45 bits per heavy atom. The fourth-order valence-electron chi connectivity index (χ4n) is 3.57. The van der Waals surface area contributed by atoms with Crippen LogP contribution in [0.2, 0.25) is 0 Å². The van der Waals surface area contributed by atoms with E-state index in [2.05, 4.69) is 22.0 Å². The van der Waals surface area contributed by atoms with Crippen molar-refractivity contribution in [3.63, 3.8) is 0 Å². The van der Waals surface area contributed by atoms with Gasteiger partial charge in [-0.15, -0.1) is 0 Å². The molecule has 1 N–H and O–H groups in total. The molecule has 0 aliphatic carbocycles. The molecule has 9 heteroatoms. The van der Waals surface area contributed by atoms with Gasteiger partial charge in [0.05, 0.1) is 5.69 Å². The number of aryl methyl sites for hydroxylation is 3. The van der Waals surface area contributed by atoms with Gasteiger partial charge >= 0.3 is 5.97 Å². The summed E-state index contributed by atoms with van der Waals surface area (Å²) < 4.78 is 18.8. The minimum Gasteiger partial charge on any atom is -0.490 e. The van der Waals surface area contributed by atoms with E-state index in [9.17, 15) is 9.90 Å². The second kappa shape index (κ2) is 11.6. The van der Waals surface area contributed by atoms with Crippen LogP contribution in [0.4, 0.5) is 0 Å². The molecule has 9 nitrogen and oxygen atoms in total. The van der Waals surface area contributed by atoms with Crippen LogP contribution >= 0.6 is 0 Å². The molecule has 0 aliphatic heterocycles. The molecule has 0 saturated carbocycles. The van der Waals surface area contributed by atoms with E-state index in [0.29, 0.717) is 44.3 Å². The van der Waals surface area contributed by atoms with Crippen molar-refractivity contribution in [1.29, 1.82) is 0 Å². The van der Waals surface area contributed by atoms with E-state index in [4.69, 9.17) is 14.2 Å². The van der Waals surface area contributed by atoms with E-state index in [0.717, 1.165) is 41.0 Å². The van der Waals surface area contributed by atoms with Gasteiger partial charge < -0.3 is 19.3 Å². The molecule has 1 atom stereocenters. The standard InChI is InChI=1S/C24H32N4O5/c1-5-8-18-21-22(28(4)27-18)23(26-20(6-2)25-21)33-14-13-32-17-11-9-16(10-12-17)15-19(24(29)30)31-7-3/h9-12,19H,5-8,13-15H2,1-4H3,(H,29,30)/t19-/m0/s1. The number of aliphatic carboxylic acids is 1. The number of rotatable bonds is 13. The van der Waals surface area contributed by atoms with Crippen molar-refractivity contribution in [1.82, 2.24) is 19.7 Å². The van der Waals surface area contributed by atoms with Crippen molar-refractivity contribution in [3.8, 4) is 11.6 Å². The summed E-state index contributed by atoms with van der Waals surface area (Å²) in [5, 5.41) is 13.8. The predicted octanol–water partition coefficient (Wildman–Crippen LogP) is 3.37. The average molecular weight is 457 g/mol. The summed E-state index contributed by atoms with van der Waals surface area (Å²) >= 11 is 0. The molecule has 2 aromatic heterocycles. The molecule has 0 spiro atoms. The summed E-state index contributed by atoms with van der Waals surface area (Å²) in [6.07, 6.45) is 2.01. The first-order chi connectivity index (χ1) is 16.0. The van der Waals surface area contributed by atoms with Gasteiger partial charge in [0.1, 0.15) is 35.8 Å². The Kier molecular flexibility index (Phi) is 8.59. The van der Waals surface area contributed by atoms with Crippen LogP contribution in [-0.2, 0) is 35.8 Å². The number of aromatic nitrogens is 4. The summed E-state index contributed by atoms with van der Waals surface area (Å²) in [5.41, 5.74) is 3.48. The maximum absolute atomic E-state index is 11.3. The highest BCUT2D eigenvalue weighted by atomic mass is 16.5. The largest absolute Gasteiger partial charge is 0.490 e. The van der Waals surface area contributed by atoms with Crippen molar-refractivity contribution in [2.24, 2.45) is 7.05 Å². The third-order valence-corrected chi connectivity index (χ3v) is 5.15. The molecule has 0 bridgehead atoms. The lowest BCUT2D eigenvalue weighted by Crippen LogP contribution is -2.26. The van der Waals surface area contributed by atoms with Gasteiger partial charge in [-0.05, 0) is 31.0 Å². The van der Waals surface area contributed by atoms with E-state index in [1.807, 2.05) is 38.2 Å². The fraction of sp³-hybridized carbons (Fsp3) is 0.500. The summed E-state index contributed by atoms with van der Waals surface area (Å²) in [5.74, 6) is 0.961. The van der Waals surface area contributed by atoms with Crippen LogP contribution in [0.1, 0.15) is 44.3 Å². The lowest BCUT2D eigenvalue weighted by molar-refractivity contribution is -0.149. The summed E-state index contributed by atoms with van der Waals surface area (Å²) in [7, 11) is 1.88. The first-order valence-electron chi connectivity index (χ1n) is 11.4. The van der Waals surface area contributed by atoms with Crippen molar-refractivity contribution in [3.05, 3.63) is 41.3 Å². The molecule has 0 fully saturated rings. The van der Waals surface area contributed by atoms with Gasteiger partial charge in [-0.3, -0.25) is 4.68 Å². The number of benzene rings is 1. The van der Waals surface area contributed by atoms with Gasteiger partial charge in [-0.25, -0.2) is 9.78 Å². The van der Waals surface area contributed by atoms with Crippen molar-refractivity contribution < 1.29 is 24.1 Å². The molecule has 178 valence electrons. The topological polar surface area (TPSA) is 109 Å². The summed E-state index contributed by atoms with van der Waals surface area (Å²) in [6.45, 7) is 6.92. The van der Waals surface area contributed by atoms with E-state index in [1.165, 1.54) is 0 Å². The van der Waals surface area contributed by atoms with Crippen LogP contribution in [0.3, 0.4) is 0 Å². The Morgan fingerprint density at radius 1 is 1.09 bits per heavy atom. The lowest BCUT2D eigenvalue weighted by atomic mass is 10.1. The van der Waals surface area contributed by atoms with E-state index in [-0.39, 0.29) is 0 Å². The highest BCUT2D eigenvalue weighted by Crippen LogP contribution is 2.26. The van der Waals surface area contributed by atoms with Gasteiger partial charge in [0.15, 0.2) is 6.10 Å². The Labute approximate surface area is 193 Å². The third kappa shape index (κ3) is 6.19. The lowest BCUT2D eigenvalue weighted by Gasteiger charge is -2.13. The zero-order valence-electron chi connectivity index (χ0n) is 19.7. The van der Waals surface area contributed by atoms with E-state index >= 15 is 0 Å². The molecule has 0 saturated heterocycles. The maximum atomic E-state index is 11.3. The smallest absolute Gasteiger partial charge is 0.333 e. The third-order valence-electron chi connectivity index (χ3n) is 5.15. The fourth-order valence-corrected chi connectivity index (χ4v) is 3.57. The van der Waals surface area contributed by atoms with Crippen molar-refractivity contribution >= 4 is 17.0 Å². The molecule has 0 radical (unpaired) electrons. The molecule has 3 rings (SSSR count). The van der Waals surface area contributed by atoms with Gasteiger partial charge in [0, 0.05) is 26.5 Å². The molecule has 0 amide bonds. The summed E-state index contributed by atoms with van der Waals surface area (Å²) in [6, 6.07) is 7.32. The predicted molar refractivity (Wildman–Crippen MR) is 124 cm³/mol. The first-order valence-corrected chi connectivity index (χ1v) is 11.4. The zero-order chi connectivity index (χ0) is 23.8. The number of carboxylic acids is 1. The van der Waals surface area contributed by atoms with Gasteiger partial charge in [0.25, 0.3) is 0 Å². The quantitative estimate of drug-likeness (QED) is 0.390. The van der Waals surface area contributed by atoms with Gasteiger partial charge in [0.2, 0.25) is 5.88 Å². The second-order valence-electron chi connectivity index (χ2n) is 7.64. The maximum Gasteiger partial charge on any atom is 0.333 e. The number of carboxylic acid groups (broad SMARTS) is 1. The van der Waals surface area contributed by atoms with Crippen LogP contribution in [0.15, 0.2) is 24.3 Å². The number of nitrogens with zero attached hydrogens (tertiary/aromatic N) is 4. The Balaban J connectivity index is 1.60. The molecule has 1 aromatic carbocycles. The molecule has 3 aromatic rings. The van der Waals surface area contributed by atoms with Gasteiger partial charge in [-0.1, -0.05) is 32.4 Å². The first kappa shape index (κ1) is 24.4. The number of hydrogen-bond acceptors (Lipinski definition) is 7. The van der Waals surface area contributed by atoms with Crippen LogP contribution < -0.4 is 9.47 Å². The molecule has 0 unspecified atom stereocenters. The SMILES string of the molecule is CCCc1nn(C)c2c(OCCOc3ccc(C[C@H](OCC)C(=O)O)cc3)nc(CC)nc12. The van der Waals surface area contributed by atoms with Crippen LogP contribution in [0.5, 0.6) is 11.6 Å².